The van der Waals surface area contributed by atoms with Crippen molar-refractivity contribution in [3.63, 3.8) is 0 Å². The Morgan fingerprint density at radius 2 is 1.75 bits per heavy atom. The summed E-state index contributed by atoms with van der Waals surface area (Å²) in [6.07, 6.45) is 3.24. The normalized spacial score (nSPS) is 19.3. The van der Waals surface area contributed by atoms with Crippen molar-refractivity contribution < 1.29 is 5.11 Å². The lowest BCUT2D eigenvalue weighted by molar-refractivity contribution is 0.179. The number of aliphatic hydroxyl groups excluding tert-OH is 1. The van der Waals surface area contributed by atoms with Crippen LogP contribution in [0.5, 0.6) is 0 Å². The minimum Gasteiger partial charge on any atom is -0.388 e. The molecule has 0 bridgehead atoms. The van der Waals surface area contributed by atoms with E-state index in [1.807, 2.05) is 24.3 Å². The van der Waals surface area contributed by atoms with E-state index < -0.39 is 6.10 Å². The summed E-state index contributed by atoms with van der Waals surface area (Å²) in [5.41, 5.74) is 11.4. The second-order valence-electron chi connectivity index (χ2n) is 5.16. The van der Waals surface area contributed by atoms with Crippen molar-refractivity contribution in [2.24, 2.45) is 5.73 Å². The van der Waals surface area contributed by atoms with Crippen LogP contribution >= 0.6 is 0 Å². The van der Waals surface area contributed by atoms with Crippen LogP contribution < -0.4 is 5.73 Å². The molecule has 102 valence electrons. The van der Waals surface area contributed by atoms with E-state index in [1.54, 1.807) is 0 Å². The van der Waals surface area contributed by atoms with Gasteiger partial charge >= 0.3 is 0 Å². The zero-order valence-corrected chi connectivity index (χ0v) is 11.4. The van der Waals surface area contributed by atoms with Crippen LogP contribution in [0.4, 0.5) is 0 Å². The van der Waals surface area contributed by atoms with Crippen LogP contribution in [0.25, 0.3) is 5.57 Å². The van der Waals surface area contributed by atoms with Gasteiger partial charge in [0.15, 0.2) is 0 Å². The van der Waals surface area contributed by atoms with Gasteiger partial charge in [0.2, 0.25) is 0 Å². The molecule has 1 unspecified atom stereocenters. The Bertz CT molecular complexity index is 645. The third-order valence-electron chi connectivity index (χ3n) is 3.85. The molecule has 1 atom stereocenters. The lowest BCUT2D eigenvalue weighted by atomic mass is 9.93. The van der Waals surface area contributed by atoms with Crippen LogP contribution in [0.2, 0.25) is 0 Å². The lowest BCUT2D eigenvalue weighted by Crippen LogP contribution is -2.01. The number of nitrogens with two attached hydrogens (primary N) is 1. The van der Waals surface area contributed by atoms with Gasteiger partial charge in [0.05, 0.1) is 6.10 Å². The molecule has 0 radical (unpaired) electrons. The molecule has 2 heteroatoms. The molecule has 0 fully saturated rings. The van der Waals surface area contributed by atoms with Gasteiger partial charge in [0.25, 0.3) is 0 Å². The highest BCUT2D eigenvalue weighted by Gasteiger charge is 2.22. The second-order valence-corrected chi connectivity index (χ2v) is 5.16. The SMILES string of the molecule is NCC/C=C1/c2ccccc2CC(O)c2ccccc21. The Kier molecular flexibility index (Phi) is 3.68. The highest BCUT2D eigenvalue weighted by molar-refractivity contribution is 5.84. The summed E-state index contributed by atoms with van der Waals surface area (Å²) < 4.78 is 0. The largest absolute Gasteiger partial charge is 0.388 e. The van der Waals surface area contributed by atoms with Crippen LogP contribution in [0.15, 0.2) is 54.6 Å². The zero-order chi connectivity index (χ0) is 13.9. The van der Waals surface area contributed by atoms with E-state index in [0.717, 1.165) is 17.5 Å². The molecule has 2 nitrogen and oxygen atoms in total. The summed E-state index contributed by atoms with van der Waals surface area (Å²) in [5.74, 6) is 0. The maximum absolute atomic E-state index is 10.5. The molecule has 3 rings (SSSR count). The molecule has 0 heterocycles. The van der Waals surface area contributed by atoms with Crippen LogP contribution in [0.1, 0.15) is 34.8 Å². The van der Waals surface area contributed by atoms with E-state index in [1.165, 1.54) is 16.7 Å². The topological polar surface area (TPSA) is 46.2 Å². The third-order valence-corrected chi connectivity index (χ3v) is 3.85. The molecule has 0 aromatic heterocycles. The minimum atomic E-state index is -0.448. The van der Waals surface area contributed by atoms with E-state index in [0.29, 0.717) is 13.0 Å². The van der Waals surface area contributed by atoms with Gasteiger partial charge in [0.1, 0.15) is 0 Å². The maximum atomic E-state index is 10.5. The molecule has 0 saturated carbocycles. The van der Waals surface area contributed by atoms with Gasteiger partial charge in [-0.1, -0.05) is 54.6 Å². The summed E-state index contributed by atoms with van der Waals surface area (Å²) in [7, 11) is 0. The first-order chi connectivity index (χ1) is 9.81. The smallest absolute Gasteiger partial charge is 0.0836 e. The van der Waals surface area contributed by atoms with Gasteiger partial charge in [0, 0.05) is 6.42 Å². The first kappa shape index (κ1) is 13.1. The van der Waals surface area contributed by atoms with E-state index in [9.17, 15) is 5.11 Å². The first-order valence-electron chi connectivity index (χ1n) is 7.07. The Labute approximate surface area is 119 Å². The first-order valence-corrected chi connectivity index (χ1v) is 7.07. The van der Waals surface area contributed by atoms with Crippen molar-refractivity contribution in [2.75, 3.05) is 6.54 Å². The predicted octanol–water partition coefficient (Wildman–Crippen LogP) is 3.06. The molecule has 1 aliphatic carbocycles. The Balaban J connectivity index is 2.24. The molecule has 0 spiro atoms. The number of hydrogen-bond acceptors (Lipinski definition) is 2. The average molecular weight is 265 g/mol. The van der Waals surface area contributed by atoms with E-state index >= 15 is 0 Å². The number of rotatable bonds is 2. The number of hydrogen-bond donors (Lipinski definition) is 2. The standard InChI is InChI=1S/C18H19NO/c19-11-5-10-15-14-7-2-1-6-13(14)12-18(20)17-9-4-3-8-16(15)17/h1-4,6-10,18,20H,5,11-12,19H2/b15-10-. The number of aliphatic hydroxyl groups is 1. The highest BCUT2D eigenvalue weighted by atomic mass is 16.3. The summed E-state index contributed by atoms with van der Waals surface area (Å²) in [4.78, 5) is 0. The summed E-state index contributed by atoms with van der Waals surface area (Å²) >= 11 is 0. The molecule has 2 aromatic carbocycles. The van der Waals surface area contributed by atoms with Crippen molar-refractivity contribution in [2.45, 2.75) is 18.9 Å². The number of fused-ring (bicyclic) bond motifs is 2. The van der Waals surface area contributed by atoms with Crippen molar-refractivity contribution >= 4 is 5.57 Å². The van der Waals surface area contributed by atoms with Gasteiger partial charge in [-0.05, 0) is 40.8 Å². The van der Waals surface area contributed by atoms with E-state index in [2.05, 4.69) is 30.3 Å². The summed E-state index contributed by atoms with van der Waals surface area (Å²) in [5, 5.41) is 10.5. The minimum absolute atomic E-state index is 0.448. The summed E-state index contributed by atoms with van der Waals surface area (Å²) in [6, 6.07) is 16.4. The van der Waals surface area contributed by atoms with Crippen molar-refractivity contribution in [3.8, 4) is 0 Å². The molecule has 0 amide bonds. The van der Waals surface area contributed by atoms with Gasteiger partial charge in [-0.25, -0.2) is 0 Å². The van der Waals surface area contributed by atoms with Crippen LogP contribution in [0, 0.1) is 0 Å². The molecule has 0 aliphatic heterocycles. The van der Waals surface area contributed by atoms with Crippen molar-refractivity contribution in [1.29, 1.82) is 0 Å². The van der Waals surface area contributed by atoms with Gasteiger partial charge in [-0.2, -0.15) is 0 Å². The van der Waals surface area contributed by atoms with Crippen molar-refractivity contribution in [3.05, 3.63) is 76.9 Å². The van der Waals surface area contributed by atoms with Crippen LogP contribution in [-0.2, 0) is 6.42 Å². The maximum Gasteiger partial charge on any atom is 0.0836 e. The van der Waals surface area contributed by atoms with Crippen LogP contribution in [-0.4, -0.2) is 11.7 Å². The molecular formula is C18H19NO. The average Bonchev–Trinajstić information content (AvgIpc) is 2.60. The number of benzene rings is 2. The van der Waals surface area contributed by atoms with Gasteiger partial charge < -0.3 is 10.8 Å². The van der Waals surface area contributed by atoms with Crippen molar-refractivity contribution in [1.82, 2.24) is 0 Å². The predicted molar refractivity (Wildman–Crippen MR) is 82.3 cm³/mol. The van der Waals surface area contributed by atoms with Gasteiger partial charge in [-0.3, -0.25) is 0 Å². The second kappa shape index (κ2) is 5.61. The molecule has 3 N–H and O–H groups in total. The molecule has 1 aliphatic rings. The Morgan fingerprint density at radius 3 is 2.55 bits per heavy atom. The Morgan fingerprint density at radius 1 is 1.05 bits per heavy atom. The Hall–Kier alpha value is -1.90. The molecule has 0 saturated heterocycles. The van der Waals surface area contributed by atoms with E-state index in [-0.39, 0.29) is 0 Å². The molecular weight excluding hydrogens is 246 g/mol. The lowest BCUT2D eigenvalue weighted by Gasteiger charge is -2.12. The van der Waals surface area contributed by atoms with E-state index in [4.69, 9.17) is 5.73 Å². The van der Waals surface area contributed by atoms with Gasteiger partial charge in [-0.15, -0.1) is 0 Å². The highest BCUT2D eigenvalue weighted by Crippen LogP contribution is 2.37. The fourth-order valence-corrected chi connectivity index (χ4v) is 2.90. The third kappa shape index (κ3) is 2.28. The monoisotopic (exact) mass is 265 g/mol. The van der Waals surface area contributed by atoms with Crippen LogP contribution in [0.3, 0.4) is 0 Å². The summed E-state index contributed by atoms with van der Waals surface area (Å²) in [6.45, 7) is 0.635. The molecule has 2 aromatic rings. The fourth-order valence-electron chi connectivity index (χ4n) is 2.90. The quantitative estimate of drug-likeness (QED) is 0.876. The molecule has 20 heavy (non-hydrogen) atoms. The fraction of sp³-hybridized carbons (Fsp3) is 0.222. The zero-order valence-electron chi connectivity index (χ0n) is 11.4.